The number of carbonyl (C=O) groups excluding carboxylic acids is 1. The summed E-state index contributed by atoms with van der Waals surface area (Å²) in [6.45, 7) is -0.460. The van der Waals surface area contributed by atoms with E-state index in [1.807, 2.05) is 121 Å². The van der Waals surface area contributed by atoms with Crippen molar-refractivity contribution >= 4 is 11.7 Å². The average molecular weight is 436 g/mol. The molecular formula is C29H25NO3. The summed E-state index contributed by atoms with van der Waals surface area (Å²) in [5.41, 5.74) is 4.05. The molecule has 0 bridgehead atoms. The third kappa shape index (κ3) is 5.62. The molecule has 0 radical (unpaired) electrons. The molecule has 0 aliphatic heterocycles. The van der Waals surface area contributed by atoms with Crippen LogP contribution < -0.4 is 0 Å². The van der Waals surface area contributed by atoms with E-state index in [0.717, 1.165) is 22.3 Å². The third-order valence-corrected chi connectivity index (χ3v) is 5.26. The summed E-state index contributed by atoms with van der Waals surface area (Å²) >= 11 is 0. The molecule has 0 unspecified atom stereocenters. The highest BCUT2D eigenvalue weighted by molar-refractivity contribution is 6.13. The van der Waals surface area contributed by atoms with Crippen LogP contribution in [0.1, 0.15) is 28.4 Å². The standard InChI is InChI=1S/C29H25NO3/c31-21-26(30-27(22-13-5-1-6-14-22)23-15-7-2-8-16-23)29(32)33-28(24-17-9-3-10-18-24)25-19-11-4-12-20-25/h1-20,26,28,31H,21H2/t26-/m0/s1. The Labute approximate surface area is 193 Å². The van der Waals surface area contributed by atoms with Crippen LogP contribution in [-0.4, -0.2) is 29.4 Å². The molecule has 33 heavy (non-hydrogen) atoms. The summed E-state index contributed by atoms with van der Waals surface area (Å²) in [5, 5.41) is 10.1. The monoisotopic (exact) mass is 435 g/mol. The lowest BCUT2D eigenvalue weighted by Crippen LogP contribution is -2.29. The minimum Gasteiger partial charge on any atom is -0.451 e. The van der Waals surface area contributed by atoms with E-state index in [-0.39, 0.29) is 0 Å². The molecule has 4 aromatic carbocycles. The van der Waals surface area contributed by atoms with Crippen molar-refractivity contribution in [1.82, 2.24) is 0 Å². The Bertz CT molecular complexity index is 1100. The Kier molecular flexibility index (Phi) is 7.41. The van der Waals surface area contributed by atoms with Crippen LogP contribution in [0.25, 0.3) is 0 Å². The highest BCUT2D eigenvalue weighted by Gasteiger charge is 2.26. The molecule has 0 saturated carbocycles. The first kappa shape index (κ1) is 22.2. The maximum absolute atomic E-state index is 13.2. The molecule has 0 spiro atoms. The number of carbonyl (C=O) groups is 1. The van der Waals surface area contributed by atoms with Crippen LogP contribution in [0.5, 0.6) is 0 Å². The molecular weight excluding hydrogens is 410 g/mol. The summed E-state index contributed by atoms with van der Waals surface area (Å²) in [5.74, 6) is -0.584. The lowest BCUT2D eigenvalue weighted by Gasteiger charge is -2.21. The van der Waals surface area contributed by atoms with Crippen LogP contribution in [0.15, 0.2) is 126 Å². The second-order valence-corrected chi connectivity index (χ2v) is 7.55. The predicted molar refractivity (Wildman–Crippen MR) is 130 cm³/mol. The van der Waals surface area contributed by atoms with Gasteiger partial charge in [0.05, 0.1) is 12.3 Å². The van der Waals surface area contributed by atoms with Crippen LogP contribution in [-0.2, 0) is 9.53 Å². The van der Waals surface area contributed by atoms with Crippen LogP contribution in [0.4, 0.5) is 0 Å². The topological polar surface area (TPSA) is 58.9 Å². The average Bonchev–Trinajstić information content (AvgIpc) is 2.90. The molecule has 0 aliphatic carbocycles. The van der Waals surface area contributed by atoms with Crippen LogP contribution in [0.3, 0.4) is 0 Å². The van der Waals surface area contributed by atoms with Gasteiger partial charge in [0.25, 0.3) is 0 Å². The second-order valence-electron chi connectivity index (χ2n) is 7.55. The van der Waals surface area contributed by atoms with E-state index in [9.17, 15) is 9.90 Å². The first-order valence-electron chi connectivity index (χ1n) is 10.9. The summed E-state index contributed by atoms with van der Waals surface area (Å²) in [6, 6.07) is 37.3. The zero-order valence-corrected chi connectivity index (χ0v) is 18.1. The highest BCUT2D eigenvalue weighted by Crippen LogP contribution is 2.27. The van der Waals surface area contributed by atoms with E-state index in [1.54, 1.807) is 0 Å². The van der Waals surface area contributed by atoms with Crippen molar-refractivity contribution in [3.8, 4) is 0 Å². The van der Waals surface area contributed by atoms with Gasteiger partial charge >= 0.3 is 5.97 Å². The molecule has 0 aliphatic rings. The summed E-state index contributed by atoms with van der Waals surface area (Å²) in [7, 11) is 0. The molecule has 0 heterocycles. The van der Waals surface area contributed by atoms with E-state index in [1.165, 1.54) is 0 Å². The predicted octanol–water partition coefficient (Wildman–Crippen LogP) is 5.22. The number of hydrogen-bond acceptors (Lipinski definition) is 4. The van der Waals surface area contributed by atoms with Gasteiger partial charge in [0, 0.05) is 11.1 Å². The first-order chi connectivity index (χ1) is 16.3. The van der Waals surface area contributed by atoms with Crippen molar-refractivity contribution in [1.29, 1.82) is 0 Å². The Morgan fingerprint density at radius 1 is 0.667 bits per heavy atom. The van der Waals surface area contributed by atoms with Crippen LogP contribution in [0, 0.1) is 0 Å². The van der Waals surface area contributed by atoms with E-state index in [2.05, 4.69) is 4.99 Å². The van der Waals surface area contributed by atoms with Gasteiger partial charge in [-0.15, -0.1) is 0 Å². The Balaban J connectivity index is 1.68. The van der Waals surface area contributed by atoms with Crippen LogP contribution >= 0.6 is 0 Å². The molecule has 164 valence electrons. The largest absolute Gasteiger partial charge is 0.451 e. The number of benzene rings is 4. The molecule has 1 atom stereocenters. The zero-order valence-electron chi connectivity index (χ0n) is 18.1. The number of rotatable bonds is 8. The highest BCUT2D eigenvalue weighted by atomic mass is 16.5. The Hall–Kier alpha value is -4.02. The van der Waals surface area contributed by atoms with Crippen molar-refractivity contribution in [2.24, 2.45) is 4.99 Å². The summed E-state index contributed by atoms with van der Waals surface area (Å²) in [6.07, 6.45) is -0.596. The Morgan fingerprint density at radius 2 is 1.06 bits per heavy atom. The third-order valence-electron chi connectivity index (χ3n) is 5.26. The molecule has 4 nitrogen and oxygen atoms in total. The molecule has 0 fully saturated rings. The summed E-state index contributed by atoms with van der Waals surface area (Å²) in [4.78, 5) is 17.9. The van der Waals surface area contributed by atoms with Gasteiger partial charge < -0.3 is 9.84 Å². The fraction of sp³-hybridized carbons (Fsp3) is 0.103. The van der Waals surface area contributed by atoms with Crippen molar-refractivity contribution in [2.45, 2.75) is 12.1 Å². The smallest absolute Gasteiger partial charge is 0.334 e. The number of hydrogen-bond donors (Lipinski definition) is 1. The minimum atomic E-state index is -1.06. The van der Waals surface area contributed by atoms with Gasteiger partial charge in [0.1, 0.15) is 0 Å². The van der Waals surface area contributed by atoms with Gasteiger partial charge in [0.2, 0.25) is 0 Å². The maximum atomic E-state index is 13.2. The number of ether oxygens (including phenoxy) is 1. The first-order valence-corrected chi connectivity index (χ1v) is 10.9. The molecule has 0 saturated heterocycles. The minimum absolute atomic E-state index is 0.460. The van der Waals surface area contributed by atoms with E-state index < -0.39 is 24.7 Å². The lowest BCUT2D eigenvalue weighted by atomic mass is 10.0. The fourth-order valence-corrected chi connectivity index (χ4v) is 3.61. The molecule has 4 rings (SSSR count). The van der Waals surface area contributed by atoms with E-state index in [0.29, 0.717) is 5.71 Å². The quantitative estimate of drug-likeness (QED) is 0.305. The SMILES string of the molecule is O=C(OC(c1ccccc1)c1ccccc1)[C@H](CO)N=C(c1ccccc1)c1ccccc1. The number of aliphatic hydroxyl groups excluding tert-OH is 1. The van der Waals surface area contributed by atoms with Gasteiger partial charge in [0.15, 0.2) is 12.1 Å². The molecule has 0 amide bonds. The van der Waals surface area contributed by atoms with Gasteiger partial charge in [-0.05, 0) is 11.1 Å². The van der Waals surface area contributed by atoms with E-state index in [4.69, 9.17) is 4.74 Å². The number of esters is 1. The molecule has 4 heteroatoms. The van der Waals surface area contributed by atoms with Gasteiger partial charge in [-0.25, -0.2) is 4.79 Å². The van der Waals surface area contributed by atoms with Crippen molar-refractivity contribution in [3.63, 3.8) is 0 Å². The molecule has 0 aromatic heterocycles. The van der Waals surface area contributed by atoms with E-state index >= 15 is 0 Å². The second kappa shape index (κ2) is 11.0. The van der Waals surface area contributed by atoms with Crippen molar-refractivity contribution in [2.75, 3.05) is 6.61 Å². The molecule has 4 aromatic rings. The maximum Gasteiger partial charge on any atom is 0.334 e. The van der Waals surface area contributed by atoms with Gasteiger partial charge in [-0.3, -0.25) is 4.99 Å². The van der Waals surface area contributed by atoms with Gasteiger partial charge in [-0.2, -0.15) is 0 Å². The fourth-order valence-electron chi connectivity index (χ4n) is 3.61. The van der Waals surface area contributed by atoms with Crippen molar-refractivity contribution < 1.29 is 14.6 Å². The Morgan fingerprint density at radius 3 is 1.45 bits per heavy atom. The molecule has 1 N–H and O–H groups in total. The summed E-state index contributed by atoms with van der Waals surface area (Å²) < 4.78 is 5.94. The lowest BCUT2D eigenvalue weighted by molar-refractivity contribution is -0.150. The van der Waals surface area contributed by atoms with Crippen molar-refractivity contribution in [3.05, 3.63) is 144 Å². The zero-order chi connectivity index (χ0) is 22.9. The normalized spacial score (nSPS) is 11.6. The number of aliphatic imine (C=N–C) groups is 1. The van der Waals surface area contributed by atoms with Crippen LogP contribution in [0.2, 0.25) is 0 Å². The number of nitrogens with zero attached hydrogens (tertiary/aromatic N) is 1. The number of aliphatic hydroxyl groups is 1. The van der Waals surface area contributed by atoms with Gasteiger partial charge in [-0.1, -0.05) is 121 Å².